The van der Waals surface area contributed by atoms with Gasteiger partial charge in [0.2, 0.25) is 0 Å². The molecule has 1 fully saturated rings. The van der Waals surface area contributed by atoms with Gasteiger partial charge in [0, 0.05) is 5.41 Å². The van der Waals surface area contributed by atoms with E-state index >= 15 is 0 Å². The molecule has 1 saturated carbocycles. The minimum Gasteiger partial charge on any atom is -0.0622 e. The molecule has 119 valence electrons. The third-order valence-corrected chi connectivity index (χ3v) is 5.52. The van der Waals surface area contributed by atoms with Gasteiger partial charge in [-0.3, -0.25) is 0 Å². The summed E-state index contributed by atoms with van der Waals surface area (Å²) in [6, 6.07) is 31.7. The van der Waals surface area contributed by atoms with E-state index < -0.39 is 0 Å². The Morgan fingerprint density at radius 3 is 1.83 bits per heavy atom. The zero-order valence-corrected chi connectivity index (χ0v) is 14.0. The van der Waals surface area contributed by atoms with Crippen LogP contribution >= 0.6 is 0 Å². The van der Waals surface area contributed by atoms with Gasteiger partial charge in [0.1, 0.15) is 0 Å². The molecule has 0 heterocycles. The largest absolute Gasteiger partial charge is 0.0622 e. The van der Waals surface area contributed by atoms with Crippen molar-refractivity contribution in [2.24, 2.45) is 0 Å². The molecule has 0 bridgehead atoms. The van der Waals surface area contributed by atoms with Crippen molar-refractivity contribution < 1.29 is 0 Å². The lowest BCUT2D eigenvalue weighted by atomic mass is 9.65. The quantitative estimate of drug-likeness (QED) is 0.524. The van der Waals surface area contributed by atoms with E-state index in [1.807, 2.05) is 12.1 Å². The Labute approximate surface area is 145 Å². The molecule has 0 spiro atoms. The van der Waals surface area contributed by atoms with Crippen LogP contribution in [0, 0.1) is 6.07 Å². The van der Waals surface area contributed by atoms with Crippen molar-refractivity contribution in [1.82, 2.24) is 0 Å². The summed E-state index contributed by atoms with van der Waals surface area (Å²) < 4.78 is 0. The maximum atomic E-state index is 3.09. The lowest BCUT2D eigenvalue weighted by molar-refractivity contribution is 0.346. The maximum Gasteiger partial charge on any atom is 0.0202 e. The van der Waals surface area contributed by atoms with Gasteiger partial charge in [0.25, 0.3) is 0 Å². The normalized spacial score (nSPS) is 16.7. The molecule has 4 rings (SSSR count). The molecule has 0 N–H and O–H groups in total. The predicted octanol–water partition coefficient (Wildman–Crippen LogP) is 6.40. The molecule has 0 unspecified atom stereocenters. The van der Waals surface area contributed by atoms with Crippen LogP contribution in [-0.2, 0) is 5.41 Å². The van der Waals surface area contributed by atoms with E-state index in [-0.39, 0.29) is 5.41 Å². The average Bonchev–Trinajstić information content (AvgIpc) is 2.70. The van der Waals surface area contributed by atoms with Crippen molar-refractivity contribution in [1.29, 1.82) is 0 Å². The van der Waals surface area contributed by atoms with Gasteiger partial charge in [-0.2, -0.15) is 0 Å². The van der Waals surface area contributed by atoms with Crippen LogP contribution in [0.15, 0.2) is 78.9 Å². The smallest absolute Gasteiger partial charge is 0.0202 e. The predicted molar refractivity (Wildman–Crippen MR) is 101 cm³/mol. The van der Waals surface area contributed by atoms with Gasteiger partial charge >= 0.3 is 0 Å². The summed E-state index contributed by atoms with van der Waals surface area (Å²) in [6.07, 6.45) is 6.54. The first-order valence-corrected chi connectivity index (χ1v) is 9.01. The summed E-state index contributed by atoms with van der Waals surface area (Å²) in [5, 5.41) is 0. The van der Waals surface area contributed by atoms with E-state index in [0.29, 0.717) is 0 Å². The third kappa shape index (κ3) is 2.78. The van der Waals surface area contributed by atoms with E-state index in [4.69, 9.17) is 0 Å². The fraction of sp³-hybridized carbons (Fsp3) is 0.250. The zero-order chi connectivity index (χ0) is 16.2. The molecule has 0 atom stereocenters. The minimum atomic E-state index is 0.197. The van der Waals surface area contributed by atoms with Crippen LogP contribution in [-0.4, -0.2) is 0 Å². The average molecular weight is 311 g/mol. The van der Waals surface area contributed by atoms with Gasteiger partial charge in [-0.25, -0.2) is 0 Å². The monoisotopic (exact) mass is 311 g/mol. The first-order valence-electron chi connectivity index (χ1n) is 9.01. The molecule has 3 aromatic rings. The van der Waals surface area contributed by atoms with Gasteiger partial charge in [-0.15, -0.1) is 0 Å². The van der Waals surface area contributed by atoms with E-state index in [0.717, 1.165) is 0 Å². The van der Waals surface area contributed by atoms with Crippen LogP contribution in [0.25, 0.3) is 11.1 Å². The topological polar surface area (TPSA) is 0 Å². The van der Waals surface area contributed by atoms with Crippen LogP contribution in [0.2, 0.25) is 0 Å². The molecule has 0 amide bonds. The van der Waals surface area contributed by atoms with Crippen LogP contribution in [0.3, 0.4) is 0 Å². The number of benzene rings is 3. The first kappa shape index (κ1) is 15.2. The molecule has 24 heavy (non-hydrogen) atoms. The van der Waals surface area contributed by atoms with Gasteiger partial charge in [0.15, 0.2) is 0 Å². The number of rotatable bonds is 3. The summed E-state index contributed by atoms with van der Waals surface area (Å²) >= 11 is 0. The molecule has 0 heteroatoms. The lowest BCUT2D eigenvalue weighted by Gasteiger charge is -2.38. The van der Waals surface area contributed by atoms with Crippen molar-refractivity contribution in [3.63, 3.8) is 0 Å². The Hall–Kier alpha value is -2.34. The highest BCUT2D eigenvalue weighted by Gasteiger charge is 2.35. The molecule has 3 aromatic carbocycles. The van der Waals surface area contributed by atoms with E-state index in [2.05, 4.69) is 72.8 Å². The van der Waals surface area contributed by atoms with Gasteiger partial charge in [-0.1, -0.05) is 98.1 Å². The fourth-order valence-corrected chi connectivity index (χ4v) is 4.22. The van der Waals surface area contributed by atoms with Crippen molar-refractivity contribution in [2.45, 2.75) is 37.5 Å². The zero-order valence-electron chi connectivity index (χ0n) is 14.0. The lowest BCUT2D eigenvalue weighted by Crippen LogP contribution is -2.30. The standard InChI is InChI=1S/C24H23/c1-4-10-20(11-5-1)21-14-16-23(17-15-21)24(18-8-3-9-19-24)22-12-6-2-7-13-22/h2,4-7,10-17H,3,8-9,18-19H2. The number of hydrogen-bond donors (Lipinski definition) is 0. The van der Waals surface area contributed by atoms with Crippen molar-refractivity contribution in [3.8, 4) is 11.1 Å². The first-order chi connectivity index (χ1) is 11.9. The Morgan fingerprint density at radius 1 is 0.583 bits per heavy atom. The van der Waals surface area contributed by atoms with Gasteiger partial charge in [0.05, 0.1) is 0 Å². The van der Waals surface area contributed by atoms with Gasteiger partial charge in [-0.05, 0) is 41.2 Å². The van der Waals surface area contributed by atoms with Crippen molar-refractivity contribution in [3.05, 3.63) is 96.1 Å². The van der Waals surface area contributed by atoms with E-state index in [1.54, 1.807) is 0 Å². The van der Waals surface area contributed by atoms with E-state index in [1.165, 1.54) is 54.4 Å². The summed E-state index contributed by atoms with van der Waals surface area (Å²) in [5.74, 6) is 0. The second-order valence-corrected chi connectivity index (χ2v) is 6.87. The van der Waals surface area contributed by atoms with Crippen molar-refractivity contribution in [2.75, 3.05) is 0 Å². The summed E-state index contributed by atoms with van der Waals surface area (Å²) in [4.78, 5) is 0. The second-order valence-electron chi connectivity index (χ2n) is 6.87. The van der Waals surface area contributed by atoms with Gasteiger partial charge < -0.3 is 0 Å². The highest BCUT2D eigenvalue weighted by molar-refractivity contribution is 5.64. The highest BCUT2D eigenvalue weighted by Crippen LogP contribution is 2.45. The highest BCUT2D eigenvalue weighted by atomic mass is 14.4. The number of hydrogen-bond acceptors (Lipinski definition) is 0. The molecule has 0 aliphatic heterocycles. The summed E-state index contributed by atoms with van der Waals surface area (Å²) in [5.41, 5.74) is 5.69. The molecular formula is C24H23. The van der Waals surface area contributed by atoms with E-state index in [9.17, 15) is 0 Å². The molecule has 1 radical (unpaired) electrons. The fourth-order valence-electron chi connectivity index (χ4n) is 4.22. The van der Waals surface area contributed by atoms with Crippen molar-refractivity contribution >= 4 is 0 Å². The summed E-state index contributed by atoms with van der Waals surface area (Å²) in [7, 11) is 0. The molecule has 0 aromatic heterocycles. The SMILES string of the molecule is [c]1ccc(-c2ccc(C3(c4ccccc4)CCCCC3)cc2)cc1. The third-order valence-electron chi connectivity index (χ3n) is 5.52. The molecule has 0 nitrogen and oxygen atoms in total. The Kier molecular flexibility index (Phi) is 4.21. The van der Waals surface area contributed by atoms with Crippen LogP contribution < -0.4 is 0 Å². The maximum absolute atomic E-state index is 3.09. The molecular weight excluding hydrogens is 288 g/mol. The molecule has 1 aliphatic rings. The minimum absolute atomic E-state index is 0.197. The van der Waals surface area contributed by atoms with Crippen LogP contribution in [0.4, 0.5) is 0 Å². The Bertz CT molecular complexity index is 763. The molecule has 0 saturated heterocycles. The summed E-state index contributed by atoms with van der Waals surface area (Å²) in [6.45, 7) is 0. The second kappa shape index (κ2) is 6.65. The molecule has 1 aliphatic carbocycles. The Morgan fingerprint density at radius 2 is 1.17 bits per heavy atom. The Balaban J connectivity index is 1.74. The van der Waals surface area contributed by atoms with Crippen LogP contribution in [0.1, 0.15) is 43.2 Å². The van der Waals surface area contributed by atoms with Crippen LogP contribution in [0.5, 0.6) is 0 Å².